The monoisotopic (exact) mass is 282 g/mol. The zero-order valence-corrected chi connectivity index (χ0v) is 12.0. The predicted molar refractivity (Wildman–Crippen MR) is 72.9 cm³/mol. The van der Waals surface area contributed by atoms with Crippen molar-refractivity contribution in [1.29, 1.82) is 0 Å². The molecule has 4 heteroatoms. The number of hydrogen-bond donors (Lipinski definition) is 0. The molecule has 0 aromatic heterocycles. The molecule has 1 aromatic carbocycles. The highest BCUT2D eigenvalue weighted by Gasteiger charge is 2.40. The minimum absolute atomic E-state index is 0.197. The number of methoxy groups -OCH3 is 1. The van der Waals surface area contributed by atoms with Crippen LogP contribution in [-0.2, 0) is 4.74 Å². The summed E-state index contributed by atoms with van der Waals surface area (Å²) in [5.74, 6) is -2.44. The molecule has 0 radical (unpaired) electrons. The largest absolute Gasteiger partial charge is 0.370 e. The molecule has 0 N–H and O–H groups in total. The van der Waals surface area contributed by atoms with Crippen LogP contribution in [0.3, 0.4) is 0 Å². The van der Waals surface area contributed by atoms with E-state index in [0.717, 1.165) is 25.7 Å². The highest BCUT2D eigenvalue weighted by atomic mass is 19.2. The van der Waals surface area contributed by atoms with Gasteiger partial charge >= 0.3 is 0 Å². The number of ether oxygens (including phenoxy) is 1. The quantitative estimate of drug-likeness (QED) is 0.613. The molecule has 1 fully saturated rings. The number of ketones is 1. The zero-order valence-electron chi connectivity index (χ0n) is 12.0. The maximum atomic E-state index is 14.0. The Kier molecular flexibility index (Phi) is 4.53. The topological polar surface area (TPSA) is 26.3 Å². The normalized spacial score (nSPS) is 18.6. The van der Waals surface area contributed by atoms with Gasteiger partial charge in [0, 0.05) is 7.11 Å². The van der Waals surface area contributed by atoms with Crippen LogP contribution in [0.15, 0.2) is 12.1 Å². The van der Waals surface area contributed by atoms with Gasteiger partial charge in [0.2, 0.25) is 0 Å². The molecule has 1 aliphatic carbocycles. The lowest BCUT2D eigenvalue weighted by molar-refractivity contribution is -0.00728. The summed E-state index contributed by atoms with van der Waals surface area (Å²) in [6, 6.07) is 2.80. The maximum absolute atomic E-state index is 14.0. The summed E-state index contributed by atoms with van der Waals surface area (Å²) in [4.78, 5) is 12.7. The molecule has 2 nitrogen and oxygen atoms in total. The molecular formula is C16H20F2O2. The van der Waals surface area contributed by atoms with Crippen LogP contribution in [-0.4, -0.2) is 18.5 Å². The van der Waals surface area contributed by atoms with Crippen molar-refractivity contribution in [3.05, 3.63) is 34.9 Å². The van der Waals surface area contributed by atoms with Gasteiger partial charge < -0.3 is 4.74 Å². The molecule has 0 saturated heterocycles. The lowest BCUT2D eigenvalue weighted by atomic mass is 9.85. The summed E-state index contributed by atoms with van der Waals surface area (Å²) in [7, 11) is 1.48. The summed E-state index contributed by atoms with van der Waals surface area (Å²) in [6.45, 7) is 1.48. The van der Waals surface area contributed by atoms with E-state index < -0.39 is 23.0 Å². The van der Waals surface area contributed by atoms with Gasteiger partial charge in [-0.2, -0.15) is 0 Å². The predicted octanol–water partition coefficient (Wildman–Crippen LogP) is 4.20. The first-order valence-electron chi connectivity index (χ1n) is 7.06. The van der Waals surface area contributed by atoms with Crippen LogP contribution < -0.4 is 0 Å². The second-order valence-electron chi connectivity index (χ2n) is 5.50. The SMILES string of the molecule is COC1(C(=O)c2ccc(C)c(F)c2F)CCCCCC1. The van der Waals surface area contributed by atoms with Crippen molar-refractivity contribution in [1.82, 2.24) is 0 Å². The zero-order chi connectivity index (χ0) is 14.8. The van der Waals surface area contributed by atoms with E-state index in [1.165, 1.54) is 26.2 Å². The molecule has 0 atom stereocenters. The average molecular weight is 282 g/mol. The van der Waals surface area contributed by atoms with Gasteiger partial charge in [0.1, 0.15) is 5.60 Å². The Bertz CT molecular complexity index is 503. The van der Waals surface area contributed by atoms with E-state index in [9.17, 15) is 13.6 Å². The number of Topliss-reactive ketones (excluding diaryl/α,β-unsaturated/α-hetero) is 1. The molecular weight excluding hydrogens is 262 g/mol. The Balaban J connectivity index is 2.40. The second kappa shape index (κ2) is 6.00. The lowest BCUT2D eigenvalue weighted by Crippen LogP contribution is -2.41. The van der Waals surface area contributed by atoms with Gasteiger partial charge in [0.15, 0.2) is 17.4 Å². The van der Waals surface area contributed by atoms with Crippen molar-refractivity contribution in [2.24, 2.45) is 0 Å². The molecule has 0 unspecified atom stereocenters. The van der Waals surface area contributed by atoms with Crippen molar-refractivity contribution >= 4 is 5.78 Å². The third kappa shape index (κ3) is 2.62. The minimum Gasteiger partial charge on any atom is -0.370 e. The molecule has 1 aliphatic rings. The standard InChI is InChI=1S/C16H20F2O2/c1-11-7-8-12(14(18)13(11)17)15(19)16(20-2)9-5-3-4-6-10-16/h7-8H,3-6,9-10H2,1-2H3. The fourth-order valence-electron chi connectivity index (χ4n) is 2.89. The number of rotatable bonds is 3. The number of carbonyl (C=O) groups is 1. The van der Waals surface area contributed by atoms with Gasteiger partial charge in [0.25, 0.3) is 0 Å². The van der Waals surface area contributed by atoms with Crippen molar-refractivity contribution in [2.75, 3.05) is 7.11 Å². The van der Waals surface area contributed by atoms with Crippen LogP contribution in [0.25, 0.3) is 0 Å². The average Bonchev–Trinajstić information content (AvgIpc) is 2.71. The molecule has 0 amide bonds. The van der Waals surface area contributed by atoms with Gasteiger partial charge in [-0.15, -0.1) is 0 Å². The lowest BCUT2D eigenvalue weighted by Gasteiger charge is -2.30. The van der Waals surface area contributed by atoms with E-state index in [2.05, 4.69) is 0 Å². The van der Waals surface area contributed by atoms with Crippen molar-refractivity contribution in [3.8, 4) is 0 Å². The molecule has 0 aliphatic heterocycles. The highest BCUT2D eigenvalue weighted by Crippen LogP contribution is 2.34. The van der Waals surface area contributed by atoms with Gasteiger partial charge in [0.05, 0.1) is 5.56 Å². The van der Waals surface area contributed by atoms with E-state index in [-0.39, 0.29) is 11.1 Å². The second-order valence-corrected chi connectivity index (χ2v) is 5.50. The number of aryl methyl sites for hydroxylation is 1. The van der Waals surface area contributed by atoms with Crippen LogP contribution in [0.4, 0.5) is 8.78 Å². The van der Waals surface area contributed by atoms with Crippen LogP contribution in [0.2, 0.25) is 0 Å². The van der Waals surface area contributed by atoms with Crippen molar-refractivity contribution in [3.63, 3.8) is 0 Å². The molecule has 0 heterocycles. The molecule has 20 heavy (non-hydrogen) atoms. The van der Waals surface area contributed by atoms with Crippen LogP contribution in [0.1, 0.15) is 54.4 Å². The number of carbonyl (C=O) groups excluding carboxylic acids is 1. The molecule has 1 aromatic rings. The Hall–Kier alpha value is -1.29. The summed E-state index contributed by atoms with van der Waals surface area (Å²) in [5.41, 5.74) is -0.998. The Morgan fingerprint density at radius 2 is 1.70 bits per heavy atom. The summed E-state index contributed by atoms with van der Waals surface area (Å²) < 4.78 is 33.1. The summed E-state index contributed by atoms with van der Waals surface area (Å²) in [5, 5.41) is 0. The third-order valence-corrected chi connectivity index (χ3v) is 4.24. The van der Waals surface area contributed by atoms with Crippen LogP contribution in [0.5, 0.6) is 0 Å². The fourth-order valence-corrected chi connectivity index (χ4v) is 2.89. The first-order valence-corrected chi connectivity index (χ1v) is 7.06. The maximum Gasteiger partial charge on any atom is 0.197 e. The molecule has 0 spiro atoms. The first-order chi connectivity index (χ1) is 9.52. The van der Waals surface area contributed by atoms with E-state index in [1.54, 1.807) is 0 Å². The Labute approximate surface area is 118 Å². The summed E-state index contributed by atoms with van der Waals surface area (Å²) >= 11 is 0. The van der Waals surface area contributed by atoms with Crippen LogP contribution >= 0.6 is 0 Å². The number of hydrogen-bond acceptors (Lipinski definition) is 2. The van der Waals surface area contributed by atoms with Crippen molar-refractivity contribution in [2.45, 2.75) is 51.0 Å². The van der Waals surface area contributed by atoms with Gasteiger partial charge in [-0.3, -0.25) is 4.79 Å². The Morgan fingerprint density at radius 1 is 1.10 bits per heavy atom. The molecule has 1 saturated carbocycles. The van der Waals surface area contributed by atoms with E-state index >= 15 is 0 Å². The van der Waals surface area contributed by atoms with Gasteiger partial charge in [-0.05, 0) is 31.4 Å². The Morgan fingerprint density at radius 3 is 2.25 bits per heavy atom. The first kappa shape index (κ1) is 15.1. The highest BCUT2D eigenvalue weighted by molar-refractivity contribution is 6.02. The van der Waals surface area contributed by atoms with Crippen molar-refractivity contribution < 1.29 is 18.3 Å². The number of benzene rings is 1. The molecule has 2 rings (SSSR count). The van der Waals surface area contributed by atoms with E-state index in [1.807, 2.05) is 0 Å². The van der Waals surface area contributed by atoms with E-state index in [4.69, 9.17) is 4.74 Å². The van der Waals surface area contributed by atoms with E-state index in [0.29, 0.717) is 12.8 Å². The molecule has 110 valence electrons. The third-order valence-electron chi connectivity index (χ3n) is 4.24. The minimum atomic E-state index is -1.06. The fraction of sp³-hybridized carbons (Fsp3) is 0.562. The number of halogens is 2. The summed E-state index contributed by atoms with van der Waals surface area (Å²) in [6.07, 6.45) is 4.96. The van der Waals surface area contributed by atoms with Gasteiger partial charge in [-0.1, -0.05) is 31.7 Å². The molecule has 0 bridgehead atoms. The smallest absolute Gasteiger partial charge is 0.197 e. The van der Waals surface area contributed by atoms with Gasteiger partial charge in [-0.25, -0.2) is 8.78 Å². The van der Waals surface area contributed by atoms with Crippen LogP contribution in [0, 0.1) is 18.6 Å².